The number of nitrogens with zero attached hydrogens (tertiary/aromatic N) is 2. The Morgan fingerprint density at radius 2 is 2.11 bits per heavy atom. The molecule has 5 heteroatoms. The van der Waals surface area contributed by atoms with Gasteiger partial charge in [0.05, 0.1) is 18.4 Å². The summed E-state index contributed by atoms with van der Waals surface area (Å²) < 4.78 is 1.79. The molecule has 1 aromatic heterocycles. The number of hydrogen-bond donors (Lipinski definition) is 3. The van der Waals surface area contributed by atoms with E-state index in [1.807, 2.05) is 33.9 Å². The monoisotopic (exact) mass is 255 g/mol. The molecule has 0 aliphatic rings. The van der Waals surface area contributed by atoms with Crippen molar-refractivity contribution in [1.82, 2.24) is 15.1 Å². The number of rotatable bonds is 6. The summed E-state index contributed by atoms with van der Waals surface area (Å²) in [5, 5.41) is 26.7. The number of aliphatic hydroxyl groups excluding tert-OH is 2. The zero-order valence-corrected chi connectivity index (χ0v) is 11.7. The van der Waals surface area contributed by atoms with E-state index in [1.165, 1.54) is 0 Å². The van der Waals surface area contributed by atoms with Gasteiger partial charge in [0.15, 0.2) is 0 Å². The van der Waals surface area contributed by atoms with Crippen LogP contribution >= 0.6 is 0 Å². The summed E-state index contributed by atoms with van der Waals surface area (Å²) in [6.07, 6.45) is 1.85. The molecule has 0 spiro atoms. The topological polar surface area (TPSA) is 70.3 Å². The SMILES string of the molecule is Cn1nccc1CN[C@@H](CO)C[C@@H](O)C(C)(C)C. The number of nitrogens with one attached hydrogen (secondary N) is 1. The van der Waals surface area contributed by atoms with Crippen LogP contribution in [0.5, 0.6) is 0 Å². The summed E-state index contributed by atoms with van der Waals surface area (Å²) >= 11 is 0. The number of aliphatic hydroxyl groups is 2. The highest BCUT2D eigenvalue weighted by atomic mass is 16.3. The average molecular weight is 255 g/mol. The summed E-state index contributed by atoms with van der Waals surface area (Å²) in [5.74, 6) is 0. The van der Waals surface area contributed by atoms with Crippen LogP contribution in [0.3, 0.4) is 0 Å². The minimum Gasteiger partial charge on any atom is -0.395 e. The minimum atomic E-state index is -0.436. The Labute approximate surface area is 109 Å². The molecule has 0 bridgehead atoms. The molecular formula is C13H25N3O2. The molecule has 0 saturated heterocycles. The van der Waals surface area contributed by atoms with Crippen LogP contribution in [0, 0.1) is 5.41 Å². The molecule has 0 saturated carbocycles. The first-order valence-electron chi connectivity index (χ1n) is 6.33. The first kappa shape index (κ1) is 15.1. The molecule has 0 amide bonds. The van der Waals surface area contributed by atoms with Gasteiger partial charge in [-0.05, 0) is 17.9 Å². The van der Waals surface area contributed by atoms with E-state index in [4.69, 9.17) is 0 Å². The van der Waals surface area contributed by atoms with Gasteiger partial charge >= 0.3 is 0 Å². The van der Waals surface area contributed by atoms with Crippen molar-refractivity contribution in [3.05, 3.63) is 18.0 Å². The zero-order valence-electron chi connectivity index (χ0n) is 11.7. The second-order valence-corrected chi connectivity index (χ2v) is 5.82. The van der Waals surface area contributed by atoms with E-state index in [0.717, 1.165) is 5.69 Å². The molecule has 104 valence electrons. The van der Waals surface area contributed by atoms with Gasteiger partial charge in [-0.15, -0.1) is 0 Å². The van der Waals surface area contributed by atoms with Crippen LogP contribution in [-0.2, 0) is 13.6 Å². The number of hydrogen-bond acceptors (Lipinski definition) is 4. The largest absolute Gasteiger partial charge is 0.395 e. The van der Waals surface area contributed by atoms with Crippen LogP contribution in [-0.4, -0.2) is 38.7 Å². The van der Waals surface area contributed by atoms with E-state index in [-0.39, 0.29) is 18.1 Å². The van der Waals surface area contributed by atoms with Crippen molar-refractivity contribution in [2.75, 3.05) is 6.61 Å². The quantitative estimate of drug-likeness (QED) is 0.698. The van der Waals surface area contributed by atoms with Gasteiger partial charge < -0.3 is 15.5 Å². The van der Waals surface area contributed by atoms with Crippen LogP contribution < -0.4 is 5.32 Å². The van der Waals surface area contributed by atoms with Crippen molar-refractivity contribution >= 4 is 0 Å². The molecule has 1 aromatic rings. The highest BCUT2D eigenvalue weighted by Crippen LogP contribution is 2.22. The van der Waals surface area contributed by atoms with Gasteiger partial charge in [0, 0.05) is 25.8 Å². The predicted octanol–water partition coefficient (Wildman–Crippen LogP) is 0.668. The normalized spacial score (nSPS) is 15.7. The van der Waals surface area contributed by atoms with Crippen molar-refractivity contribution in [2.45, 2.75) is 45.9 Å². The maximum atomic E-state index is 10.0. The first-order chi connectivity index (χ1) is 8.34. The van der Waals surface area contributed by atoms with E-state index in [1.54, 1.807) is 10.9 Å². The van der Waals surface area contributed by atoms with Crippen molar-refractivity contribution < 1.29 is 10.2 Å². The smallest absolute Gasteiger partial charge is 0.0604 e. The standard InChI is InChI=1S/C13H25N3O2/c1-13(2,3)12(18)7-10(9-17)14-8-11-5-6-15-16(11)4/h5-6,10,12,14,17-18H,7-9H2,1-4H3/t10-,12-/m1/s1. The third-order valence-corrected chi connectivity index (χ3v) is 3.22. The lowest BCUT2D eigenvalue weighted by atomic mass is 9.85. The van der Waals surface area contributed by atoms with Gasteiger partial charge in [-0.1, -0.05) is 20.8 Å². The summed E-state index contributed by atoms with van der Waals surface area (Å²) in [6, 6.07) is 1.83. The Morgan fingerprint density at radius 3 is 2.56 bits per heavy atom. The molecule has 0 aliphatic carbocycles. The maximum absolute atomic E-state index is 10.0. The molecule has 2 atom stereocenters. The molecule has 1 heterocycles. The van der Waals surface area contributed by atoms with Crippen LogP contribution in [0.4, 0.5) is 0 Å². The van der Waals surface area contributed by atoms with Crippen molar-refractivity contribution in [3.63, 3.8) is 0 Å². The molecular weight excluding hydrogens is 230 g/mol. The van der Waals surface area contributed by atoms with Gasteiger partial charge in [-0.3, -0.25) is 4.68 Å². The Morgan fingerprint density at radius 1 is 1.44 bits per heavy atom. The fourth-order valence-corrected chi connectivity index (χ4v) is 1.67. The van der Waals surface area contributed by atoms with Gasteiger partial charge in [0.25, 0.3) is 0 Å². The molecule has 0 fully saturated rings. The maximum Gasteiger partial charge on any atom is 0.0604 e. The Bertz CT molecular complexity index is 357. The van der Waals surface area contributed by atoms with E-state index < -0.39 is 6.10 Å². The van der Waals surface area contributed by atoms with Crippen molar-refractivity contribution in [3.8, 4) is 0 Å². The van der Waals surface area contributed by atoms with E-state index >= 15 is 0 Å². The summed E-state index contributed by atoms with van der Waals surface area (Å²) in [7, 11) is 1.88. The third-order valence-electron chi connectivity index (χ3n) is 3.22. The van der Waals surface area contributed by atoms with Gasteiger partial charge in [-0.25, -0.2) is 0 Å². The van der Waals surface area contributed by atoms with Crippen LogP contribution in [0.2, 0.25) is 0 Å². The Balaban J connectivity index is 2.45. The fraction of sp³-hybridized carbons (Fsp3) is 0.769. The predicted molar refractivity (Wildman–Crippen MR) is 71.0 cm³/mol. The molecule has 1 rings (SSSR count). The Hall–Kier alpha value is -0.910. The second-order valence-electron chi connectivity index (χ2n) is 5.82. The Kier molecular flexibility index (Phi) is 5.31. The van der Waals surface area contributed by atoms with Crippen LogP contribution in [0.1, 0.15) is 32.9 Å². The molecule has 0 unspecified atom stereocenters. The summed E-state index contributed by atoms with van der Waals surface area (Å²) in [5.41, 5.74) is 0.889. The lowest BCUT2D eigenvalue weighted by molar-refractivity contribution is 0.0388. The minimum absolute atomic E-state index is 0.0188. The third kappa shape index (κ3) is 4.40. The lowest BCUT2D eigenvalue weighted by Crippen LogP contribution is -2.39. The highest BCUT2D eigenvalue weighted by molar-refractivity contribution is 4.99. The molecule has 18 heavy (non-hydrogen) atoms. The lowest BCUT2D eigenvalue weighted by Gasteiger charge is -2.29. The summed E-state index contributed by atoms with van der Waals surface area (Å²) in [6.45, 7) is 6.64. The summed E-state index contributed by atoms with van der Waals surface area (Å²) in [4.78, 5) is 0. The molecule has 0 radical (unpaired) electrons. The van der Waals surface area contributed by atoms with Crippen LogP contribution in [0.25, 0.3) is 0 Å². The number of aryl methyl sites for hydroxylation is 1. The second kappa shape index (κ2) is 6.31. The van der Waals surface area contributed by atoms with Gasteiger partial charge in [0.2, 0.25) is 0 Å². The zero-order chi connectivity index (χ0) is 13.8. The average Bonchev–Trinajstić information content (AvgIpc) is 2.68. The van der Waals surface area contributed by atoms with Crippen molar-refractivity contribution in [1.29, 1.82) is 0 Å². The number of aromatic nitrogens is 2. The first-order valence-corrected chi connectivity index (χ1v) is 6.33. The van der Waals surface area contributed by atoms with E-state index in [0.29, 0.717) is 13.0 Å². The van der Waals surface area contributed by atoms with Gasteiger partial charge in [0.1, 0.15) is 0 Å². The van der Waals surface area contributed by atoms with E-state index in [2.05, 4.69) is 10.4 Å². The highest BCUT2D eigenvalue weighted by Gasteiger charge is 2.25. The molecule has 5 nitrogen and oxygen atoms in total. The molecule has 3 N–H and O–H groups in total. The molecule has 0 aliphatic heterocycles. The van der Waals surface area contributed by atoms with Gasteiger partial charge in [-0.2, -0.15) is 5.10 Å². The van der Waals surface area contributed by atoms with Crippen LogP contribution in [0.15, 0.2) is 12.3 Å². The fourth-order valence-electron chi connectivity index (χ4n) is 1.67. The van der Waals surface area contributed by atoms with E-state index in [9.17, 15) is 10.2 Å². The molecule has 0 aromatic carbocycles. The van der Waals surface area contributed by atoms with Crippen molar-refractivity contribution in [2.24, 2.45) is 12.5 Å².